The number of hydrogen-bond donors (Lipinski definition) is 3. The van der Waals surface area contributed by atoms with Crippen molar-refractivity contribution in [1.29, 1.82) is 0 Å². The third-order valence-corrected chi connectivity index (χ3v) is 6.75. The van der Waals surface area contributed by atoms with E-state index in [1.165, 1.54) is 36.5 Å². The third-order valence-electron chi connectivity index (χ3n) is 5.38. The van der Waals surface area contributed by atoms with Crippen molar-refractivity contribution in [1.82, 2.24) is 0 Å². The molecular formula is C27H22N4O7S. The molecule has 0 saturated heterocycles. The lowest BCUT2D eigenvalue weighted by molar-refractivity contribution is -0.384. The standard InChI is InChI=1S/C27H22N4O7S/c32-27(33)23-11-4-5-12-24(23)30-39(36,37)22-13-14-25(26(16-22)31(34)35)29-28-17-20-9-6-10-21(15-20)38-18-19-7-2-1-3-8-19/h1-17,29-30H,18H2,(H,32,33)/b28-17+. The SMILES string of the molecule is O=C(O)c1ccccc1NS(=O)(=O)c1ccc(N/N=C/c2cccc(OCc3ccccc3)c2)c([N+](=O)[O-])c1. The predicted molar refractivity (Wildman–Crippen MR) is 146 cm³/mol. The van der Waals surface area contributed by atoms with Gasteiger partial charge >= 0.3 is 5.97 Å². The molecule has 0 aliphatic carbocycles. The molecule has 0 fully saturated rings. The number of nitrogens with one attached hydrogen (secondary N) is 2. The molecule has 0 spiro atoms. The summed E-state index contributed by atoms with van der Waals surface area (Å²) >= 11 is 0. The molecule has 0 heterocycles. The zero-order valence-electron chi connectivity index (χ0n) is 20.2. The van der Waals surface area contributed by atoms with Crippen molar-refractivity contribution in [2.24, 2.45) is 5.10 Å². The first kappa shape index (κ1) is 26.8. The van der Waals surface area contributed by atoms with Crippen LogP contribution in [0.3, 0.4) is 0 Å². The van der Waals surface area contributed by atoms with Crippen LogP contribution in [0.2, 0.25) is 0 Å². The quantitative estimate of drug-likeness (QED) is 0.133. The van der Waals surface area contributed by atoms with E-state index in [2.05, 4.69) is 15.2 Å². The Morgan fingerprint density at radius 2 is 1.69 bits per heavy atom. The second-order valence-corrected chi connectivity index (χ2v) is 9.79. The van der Waals surface area contributed by atoms with Crippen molar-refractivity contribution in [2.75, 3.05) is 10.1 Å². The maximum atomic E-state index is 12.8. The van der Waals surface area contributed by atoms with Crippen LogP contribution in [0.15, 0.2) is 107 Å². The Kier molecular flexibility index (Phi) is 8.17. The Hall–Kier alpha value is -5.23. The van der Waals surface area contributed by atoms with Crippen molar-refractivity contribution < 1.29 is 28.0 Å². The molecule has 0 atom stereocenters. The topological polar surface area (TPSA) is 160 Å². The van der Waals surface area contributed by atoms with E-state index < -0.39 is 31.5 Å². The van der Waals surface area contributed by atoms with Gasteiger partial charge in [0, 0.05) is 6.07 Å². The molecule has 11 nitrogen and oxygen atoms in total. The van der Waals surface area contributed by atoms with E-state index >= 15 is 0 Å². The second kappa shape index (κ2) is 11.9. The van der Waals surface area contributed by atoms with Gasteiger partial charge in [0.25, 0.3) is 15.7 Å². The second-order valence-electron chi connectivity index (χ2n) is 8.11. The molecule has 39 heavy (non-hydrogen) atoms. The largest absolute Gasteiger partial charge is 0.489 e. The van der Waals surface area contributed by atoms with Crippen molar-refractivity contribution in [3.63, 3.8) is 0 Å². The number of benzene rings is 4. The first-order valence-corrected chi connectivity index (χ1v) is 12.9. The molecule has 0 saturated carbocycles. The number of anilines is 2. The number of aromatic carboxylic acids is 1. The molecule has 0 aliphatic rings. The normalized spacial score (nSPS) is 11.2. The van der Waals surface area contributed by atoms with Crippen molar-refractivity contribution in [3.8, 4) is 5.75 Å². The smallest absolute Gasteiger partial charge is 0.337 e. The van der Waals surface area contributed by atoms with Gasteiger partial charge in [0.05, 0.1) is 27.3 Å². The number of carboxylic acid groups (broad SMARTS) is 1. The van der Waals surface area contributed by atoms with Crippen molar-refractivity contribution in [2.45, 2.75) is 11.5 Å². The van der Waals surface area contributed by atoms with Gasteiger partial charge in [-0.2, -0.15) is 5.10 Å². The van der Waals surface area contributed by atoms with Gasteiger partial charge in [-0.25, -0.2) is 13.2 Å². The number of ether oxygens (including phenoxy) is 1. The molecule has 4 aromatic carbocycles. The highest BCUT2D eigenvalue weighted by Crippen LogP contribution is 2.29. The molecule has 0 amide bonds. The lowest BCUT2D eigenvalue weighted by Gasteiger charge is -2.11. The maximum absolute atomic E-state index is 12.8. The van der Waals surface area contributed by atoms with Gasteiger partial charge < -0.3 is 9.84 Å². The lowest BCUT2D eigenvalue weighted by atomic mass is 10.2. The number of nitro groups is 1. The Labute approximate surface area is 223 Å². The molecule has 0 aliphatic heterocycles. The Balaban J connectivity index is 1.48. The lowest BCUT2D eigenvalue weighted by Crippen LogP contribution is -2.16. The van der Waals surface area contributed by atoms with E-state index in [1.807, 2.05) is 30.3 Å². The number of hydrazone groups is 1. The fourth-order valence-electron chi connectivity index (χ4n) is 3.49. The highest BCUT2D eigenvalue weighted by Gasteiger charge is 2.23. The third kappa shape index (κ3) is 6.96. The summed E-state index contributed by atoms with van der Waals surface area (Å²) in [7, 11) is -4.33. The minimum atomic E-state index is -4.33. The molecule has 0 aromatic heterocycles. The Morgan fingerprint density at radius 1 is 0.949 bits per heavy atom. The Morgan fingerprint density at radius 3 is 2.44 bits per heavy atom. The number of para-hydroxylation sites is 1. The van der Waals surface area contributed by atoms with E-state index in [9.17, 15) is 28.4 Å². The summed E-state index contributed by atoms with van der Waals surface area (Å²) < 4.78 is 33.7. The number of sulfonamides is 1. The van der Waals surface area contributed by atoms with Gasteiger partial charge in [0.15, 0.2) is 0 Å². The number of nitro benzene ring substituents is 1. The van der Waals surface area contributed by atoms with Crippen LogP contribution in [-0.2, 0) is 16.6 Å². The van der Waals surface area contributed by atoms with Crippen molar-refractivity contribution in [3.05, 3.63) is 124 Å². The molecule has 0 bridgehead atoms. The highest BCUT2D eigenvalue weighted by atomic mass is 32.2. The monoisotopic (exact) mass is 546 g/mol. The Bertz CT molecular complexity index is 1640. The maximum Gasteiger partial charge on any atom is 0.337 e. The van der Waals surface area contributed by atoms with Crippen LogP contribution in [0.5, 0.6) is 5.75 Å². The number of hydrogen-bond acceptors (Lipinski definition) is 8. The van der Waals surface area contributed by atoms with Crippen LogP contribution in [0.25, 0.3) is 0 Å². The average molecular weight is 547 g/mol. The summed E-state index contributed by atoms with van der Waals surface area (Å²) in [6.07, 6.45) is 1.44. The minimum Gasteiger partial charge on any atom is -0.489 e. The van der Waals surface area contributed by atoms with Crippen LogP contribution >= 0.6 is 0 Å². The summed E-state index contributed by atoms with van der Waals surface area (Å²) in [4.78, 5) is 21.9. The van der Waals surface area contributed by atoms with Crippen LogP contribution in [0.1, 0.15) is 21.5 Å². The van der Waals surface area contributed by atoms with Gasteiger partial charge in [-0.05, 0) is 47.5 Å². The summed E-state index contributed by atoms with van der Waals surface area (Å²) in [6, 6.07) is 25.4. The summed E-state index contributed by atoms with van der Waals surface area (Å²) in [6.45, 7) is 0.387. The van der Waals surface area contributed by atoms with Crippen LogP contribution in [-0.4, -0.2) is 30.6 Å². The molecule has 4 rings (SSSR count). The van der Waals surface area contributed by atoms with E-state index in [4.69, 9.17) is 4.74 Å². The molecule has 4 aromatic rings. The first-order chi connectivity index (χ1) is 18.7. The number of nitrogens with zero attached hydrogens (tertiary/aromatic N) is 2. The number of rotatable bonds is 11. The molecule has 0 unspecified atom stereocenters. The summed E-state index contributed by atoms with van der Waals surface area (Å²) in [5.74, 6) is -0.717. The van der Waals surface area contributed by atoms with E-state index in [0.717, 1.165) is 17.7 Å². The van der Waals surface area contributed by atoms with Crippen molar-refractivity contribution >= 4 is 39.3 Å². The molecular weight excluding hydrogens is 524 g/mol. The fourth-order valence-corrected chi connectivity index (χ4v) is 4.59. The fraction of sp³-hybridized carbons (Fsp3) is 0.0370. The first-order valence-electron chi connectivity index (χ1n) is 11.4. The predicted octanol–water partition coefficient (Wildman–Crippen LogP) is 5.12. The van der Waals surface area contributed by atoms with Gasteiger partial charge in [-0.1, -0.05) is 54.6 Å². The van der Waals surface area contributed by atoms with E-state index in [-0.39, 0.29) is 16.9 Å². The van der Waals surface area contributed by atoms with Gasteiger partial charge in [-0.15, -0.1) is 0 Å². The summed E-state index contributed by atoms with van der Waals surface area (Å²) in [5, 5.41) is 25.0. The molecule has 3 N–H and O–H groups in total. The zero-order valence-corrected chi connectivity index (χ0v) is 21.0. The van der Waals surface area contributed by atoms with Crippen LogP contribution < -0.4 is 14.9 Å². The van der Waals surface area contributed by atoms with Crippen LogP contribution in [0.4, 0.5) is 17.1 Å². The zero-order chi connectivity index (χ0) is 27.8. The van der Waals surface area contributed by atoms with Gasteiger partial charge in [-0.3, -0.25) is 20.3 Å². The van der Waals surface area contributed by atoms with Crippen LogP contribution in [0, 0.1) is 10.1 Å². The molecule has 0 radical (unpaired) electrons. The van der Waals surface area contributed by atoms with Gasteiger partial charge in [0.1, 0.15) is 18.0 Å². The highest BCUT2D eigenvalue weighted by molar-refractivity contribution is 7.92. The average Bonchev–Trinajstić information content (AvgIpc) is 2.92. The number of carbonyl (C=O) groups is 1. The van der Waals surface area contributed by atoms with Gasteiger partial charge in [0.2, 0.25) is 0 Å². The minimum absolute atomic E-state index is 0.0439. The molecule has 198 valence electrons. The summed E-state index contributed by atoms with van der Waals surface area (Å²) in [5.41, 5.74) is 3.22. The molecule has 12 heteroatoms. The number of carboxylic acids is 1. The van der Waals surface area contributed by atoms with E-state index in [0.29, 0.717) is 17.9 Å². The van der Waals surface area contributed by atoms with E-state index in [1.54, 1.807) is 24.3 Å².